The Balaban J connectivity index is 1.54. The van der Waals surface area contributed by atoms with Crippen molar-refractivity contribution in [3.05, 3.63) is 29.0 Å². The van der Waals surface area contributed by atoms with Gasteiger partial charge < -0.3 is 10.6 Å². The highest BCUT2D eigenvalue weighted by Gasteiger charge is 2.23. The van der Waals surface area contributed by atoms with Crippen LogP contribution in [0.5, 0.6) is 0 Å². The summed E-state index contributed by atoms with van der Waals surface area (Å²) in [6.07, 6.45) is 7.65. The number of hydrogen-bond acceptors (Lipinski definition) is 5. The van der Waals surface area contributed by atoms with Gasteiger partial charge in [0.15, 0.2) is 0 Å². The van der Waals surface area contributed by atoms with E-state index in [-0.39, 0.29) is 18.5 Å². The van der Waals surface area contributed by atoms with Crippen LogP contribution in [0.4, 0.5) is 5.69 Å². The minimum absolute atomic E-state index is 0.0256. The number of carbonyl (C=O) groups is 1. The van der Waals surface area contributed by atoms with E-state index in [9.17, 15) is 4.79 Å². The highest BCUT2D eigenvalue weighted by Crippen LogP contribution is 2.21. The molecule has 1 aliphatic carbocycles. The number of thiazole rings is 1. The number of amides is 1. The Hall–Kier alpha value is -1.89. The van der Waals surface area contributed by atoms with Gasteiger partial charge in [-0.15, -0.1) is 11.3 Å². The molecule has 3 rings (SSSR count). The number of rotatable bonds is 6. The summed E-state index contributed by atoms with van der Waals surface area (Å²) in [4.78, 5) is 16.9. The minimum Gasteiger partial charge on any atom is -0.375 e. The van der Waals surface area contributed by atoms with E-state index in [4.69, 9.17) is 0 Å². The lowest BCUT2D eigenvalue weighted by atomic mass is 10.3. The van der Waals surface area contributed by atoms with Crippen molar-refractivity contribution in [2.45, 2.75) is 38.4 Å². The fourth-order valence-electron chi connectivity index (χ4n) is 1.93. The van der Waals surface area contributed by atoms with Crippen molar-refractivity contribution in [1.82, 2.24) is 20.1 Å². The summed E-state index contributed by atoms with van der Waals surface area (Å²) in [5, 5.41) is 10.5. The second kappa shape index (κ2) is 5.62. The monoisotopic (exact) mass is 291 g/mol. The molecular weight excluding hydrogens is 274 g/mol. The molecular formula is C13H17N5OS. The van der Waals surface area contributed by atoms with E-state index >= 15 is 0 Å². The Morgan fingerprint density at radius 1 is 1.55 bits per heavy atom. The molecule has 0 bridgehead atoms. The van der Waals surface area contributed by atoms with Crippen molar-refractivity contribution < 1.29 is 4.79 Å². The third kappa shape index (κ3) is 3.36. The predicted octanol–water partition coefficient (Wildman–Crippen LogP) is 1.79. The first-order chi connectivity index (χ1) is 9.70. The Labute approximate surface area is 121 Å². The van der Waals surface area contributed by atoms with E-state index in [0.717, 1.165) is 18.5 Å². The molecule has 1 atom stereocenters. The first kappa shape index (κ1) is 13.1. The van der Waals surface area contributed by atoms with Crippen molar-refractivity contribution in [3.63, 3.8) is 0 Å². The topological polar surface area (TPSA) is 71.8 Å². The Bertz CT molecular complexity index is 575. The van der Waals surface area contributed by atoms with E-state index in [1.807, 2.05) is 17.9 Å². The normalized spacial score (nSPS) is 15.8. The van der Waals surface area contributed by atoms with Gasteiger partial charge in [0.05, 0.1) is 23.4 Å². The average molecular weight is 291 g/mol. The van der Waals surface area contributed by atoms with E-state index in [1.54, 1.807) is 22.2 Å². The van der Waals surface area contributed by atoms with Crippen molar-refractivity contribution in [3.8, 4) is 0 Å². The molecule has 7 heteroatoms. The molecule has 2 aromatic heterocycles. The molecule has 106 valence electrons. The van der Waals surface area contributed by atoms with Crippen LogP contribution in [0, 0.1) is 0 Å². The number of anilines is 1. The van der Waals surface area contributed by atoms with Crippen LogP contribution in [0.3, 0.4) is 0 Å². The fourth-order valence-corrected chi connectivity index (χ4v) is 2.56. The fraction of sp³-hybridized carbons (Fsp3) is 0.462. The highest BCUT2D eigenvalue weighted by atomic mass is 32.1. The van der Waals surface area contributed by atoms with Crippen LogP contribution >= 0.6 is 11.3 Å². The molecule has 2 heterocycles. The van der Waals surface area contributed by atoms with E-state index in [0.29, 0.717) is 6.04 Å². The van der Waals surface area contributed by atoms with E-state index < -0.39 is 0 Å². The quantitative estimate of drug-likeness (QED) is 0.851. The lowest BCUT2D eigenvalue weighted by Crippen LogP contribution is -2.29. The van der Waals surface area contributed by atoms with Gasteiger partial charge >= 0.3 is 0 Å². The third-order valence-electron chi connectivity index (χ3n) is 3.14. The van der Waals surface area contributed by atoms with Gasteiger partial charge in [0.2, 0.25) is 5.91 Å². The number of carbonyl (C=O) groups excluding carboxylic acids is 1. The number of nitrogens with zero attached hydrogens (tertiary/aromatic N) is 3. The van der Waals surface area contributed by atoms with Crippen LogP contribution in [0.25, 0.3) is 0 Å². The van der Waals surface area contributed by atoms with Gasteiger partial charge in [-0.3, -0.25) is 14.5 Å². The zero-order chi connectivity index (χ0) is 13.9. The number of hydrogen-bond donors (Lipinski definition) is 2. The van der Waals surface area contributed by atoms with Crippen LogP contribution < -0.4 is 10.6 Å². The first-order valence-electron chi connectivity index (χ1n) is 6.67. The van der Waals surface area contributed by atoms with Crippen LogP contribution in [-0.2, 0) is 11.3 Å². The number of aromatic nitrogens is 3. The van der Waals surface area contributed by atoms with Gasteiger partial charge in [-0.05, 0) is 19.8 Å². The van der Waals surface area contributed by atoms with Crippen molar-refractivity contribution >= 4 is 22.9 Å². The molecule has 6 nitrogen and oxygen atoms in total. The van der Waals surface area contributed by atoms with E-state index in [1.165, 1.54) is 4.88 Å². The molecule has 1 aliphatic rings. The average Bonchev–Trinajstić information content (AvgIpc) is 2.93. The van der Waals surface area contributed by atoms with Crippen LogP contribution in [0.2, 0.25) is 0 Å². The molecule has 0 spiro atoms. The van der Waals surface area contributed by atoms with Gasteiger partial charge in [-0.25, -0.2) is 0 Å². The Morgan fingerprint density at radius 3 is 3.10 bits per heavy atom. The number of nitrogens with one attached hydrogen (secondary N) is 2. The zero-order valence-electron chi connectivity index (χ0n) is 11.2. The Kier molecular flexibility index (Phi) is 3.68. The maximum Gasteiger partial charge on any atom is 0.241 e. The standard InChI is InChI=1S/C13H17N5OS/c1-9(12-5-14-8-20-12)16-11-4-15-18(6-11)7-13(19)17-10-2-3-10/h4-6,8-10,16H,2-3,7H2,1H3,(H,17,19). The summed E-state index contributed by atoms with van der Waals surface area (Å²) < 4.78 is 1.65. The second-order valence-corrected chi connectivity index (χ2v) is 5.96. The summed E-state index contributed by atoms with van der Waals surface area (Å²) in [7, 11) is 0. The van der Waals surface area contributed by atoms with Crippen molar-refractivity contribution in [1.29, 1.82) is 0 Å². The summed E-state index contributed by atoms with van der Waals surface area (Å²) >= 11 is 1.62. The lowest BCUT2D eigenvalue weighted by molar-refractivity contribution is -0.122. The summed E-state index contributed by atoms with van der Waals surface area (Å²) in [5.41, 5.74) is 2.73. The van der Waals surface area contributed by atoms with E-state index in [2.05, 4.69) is 27.6 Å². The molecule has 1 fully saturated rings. The summed E-state index contributed by atoms with van der Waals surface area (Å²) in [6.45, 7) is 2.35. The van der Waals surface area contributed by atoms with Crippen molar-refractivity contribution in [2.24, 2.45) is 0 Å². The van der Waals surface area contributed by atoms with Crippen LogP contribution in [-0.4, -0.2) is 26.7 Å². The third-order valence-corrected chi connectivity index (χ3v) is 4.10. The van der Waals surface area contributed by atoms with Gasteiger partial charge in [-0.1, -0.05) is 0 Å². The molecule has 20 heavy (non-hydrogen) atoms. The summed E-state index contributed by atoms with van der Waals surface area (Å²) in [6, 6.07) is 0.572. The first-order valence-corrected chi connectivity index (χ1v) is 7.55. The summed E-state index contributed by atoms with van der Waals surface area (Å²) in [5.74, 6) is 0.0256. The molecule has 1 amide bonds. The Morgan fingerprint density at radius 2 is 2.40 bits per heavy atom. The predicted molar refractivity (Wildman–Crippen MR) is 77.5 cm³/mol. The maximum atomic E-state index is 11.7. The maximum absolute atomic E-state index is 11.7. The minimum atomic E-state index is 0.0256. The highest BCUT2D eigenvalue weighted by molar-refractivity contribution is 7.09. The smallest absolute Gasteiger partial charge is 0.241 e. The zero-order valence-corrected chi connectivity index (χ0v) is 12.1. The van der Waals surface area contributed by atoms with Crippen molar-refractivity contribution in [2.75, 3.05) is 5.32 Å². The molecule has 0 aliphatic heterocycles. The molecule has 2 N–H and O–H groups in total. The van der Waals surface area contributed by atoms with Gasteiger partial charge in [-0.2, -0.15) is 5.10 Å². The molecule has 2 aromatic rings. The van der Waals surface area contributed by atoms with Gasteiger partial charge in [0, 0.05) is 23.3 Å². The molecule has 0 aromatic carbocycles. The van der Waals surface area contributed by atoms with Crippen LogP contribution in [0.1, 0.15) is 30.7 Å². The van der Waals surface area contributed by atoms with Crippen LogP contribution in [0.15, 0.2) is 24.1 Å². The largest absolute Gasteiger partial charge is 0.375 e. The SMILES string of the molecule is CC(Nc1cnn(CC(=O)NC2CC2)c1)c1cncs1. The van der Waals surface area contributed by atoms with Gasteiger partial charge in [0.25, 0.3) is 0 Å². The molecule has 0 radical (unpaired) electrons. The van der Waals surface area contributed by atoms with Gasteiger partial charge in [0.1, 0.15) is 6.54 Å². The molecule has 0 saturated heterocycles. The lowest BCUT2D eigenvalue weighted by Gasteiger charge is -2.10. The second-order valence-electron chi connectivity index (χ2n) is 5.04. The molecule has 1 saturated carbocycles. The molecule has 1 unspecified atom stereocenters.